The highest BCUT2D eigenvalue weighted by atomic mass is 35.5. The van der Waals surface area contributed by atoms with Crippen molar-refractivity contribution in [3.05, 3.63) is 29.6 Å². The number of methoxy groups -OCH3 is 1. The molecule has 1 aromatic carbocycles. The van der Waals surface area contributed by atoms with E-state index in [1.165, 1.54) is 19.2 Å². The van der Waals surface area contributed by atoms with Crippen LogP contribution in [0.5, 0.6) is 5.75 Å². The highest BCUT2D eigenvalue weighted by Crippen LogP contribution is 2.25. The van der Waals surface area contributed by atoms with E-state index in [1.807, 2.05) is 13.8 Å². The Morgan fingerprint density at radius 3 is 2.42 bits per heavy atom. The van der Waals surface area contributed by atoms with Crippen molar-refractivity contribution in [2.45, 2.75) is 38.8 Å². The van der Waals surface area contributed by atoms with Crippen LogP contribution in [0.4, 0.5) is 4.39 Å². The van der Waals surface area contributed by atoms with E-state index < -0.39 is 17.8 Å². The van der Waals surface area contributed by atoms with Crippen molar-refractivity contribution in [2.24, 2.45) is 11.7 Å². The zero-order valence-electron chi connectivity index (χ0n) is 15.2. The largest absolute Gasteiger partial charge is 0.489 e. The Morgan fingerprint density at radius 2 is 1.88 bits per heavy atom. The average Bonchev–Trinajstić information content (AvgIpc) is 2.61. The van der Waals surface area contributed by atoms with Gasteiger partial charge in [-0.3, -0.25) is 4.79 Å². The summed E-state index contributed by atoms with van der Waals surface area (Å²) in [4.78, 5) is 25.8. The van der Waals surface area contributed by atoms with Gasteiger partial charge in [-0.2, -0.15) is 0 Å². The van der Waals surface area contributed by atoms with Crippen LogP contribution in [0, 0.1) is 11.7 Å². The molecule has 1 aliphatic rings. The Hall–Kier alpha value is -1.86. The van der Waals surface area contributed by atoms with Gasteiger partial charge in [0.1, 0.15) is 23.2 Å². The molecule has 146 valence electrons. The molecular weight excluding hydrogens is 363 g/mol. The fourth-order valence-corrected chi connectivity index (χ4v) is 2.74. The van der Waals surface area contributed by atoms with Crippen molar-refractivity contribution in [1.82, 2.24) is 4.90 Å². The molecule has 1 fully saturated rings. The molecule has 0 radical (unpaired) electrons. The standard InChI is InChI=1S/C18H25FN2O4.ClH/c1-11(2)16(20)17(22)21-8-6-13(7-9-21)25-15-5-4-12(19)10-14(15)18(23)24-3;/h4-5,10-11,13,16H,6-9,20H2,1-3H3;1H/t16-;/m0./s1. The monoisotopic (exact) mass is 388 g/mol. The second kappa shape index (κ2) is 9.73. The summed E-state index contributed by atoms with van der Waals surface area (Å²) >= 11 is 0. The van der Waals surface area contributed by atoms with Gasteiger partial charge in [0.05, 0.1) is 13.2 Å². The van der Waals surface area contributed by atoms with Crippen LogP contribution in [0.2, 0.25) is 0 Å². The summed E-state index contributed by atoms with van der Waals surface area (Å²) in [7, 11) is 1.24. The van der Waals surface area contributed by atoms with Crippen molar-refractivity contribution in [1.29, 1.82) is 0 Å². The lowest BCUT2D eigenvalue weighted by atomic mass is 10.0. The summed E-state index contributed by atoms with van der Waals surface area (Å²) in [5.41, 5.74) is 5.98. The van der Waals surface area contributed by atoms with Crippen molar-refractivity contribution in [3.8, 4) is 5.75 Å². The quantitative estimate of drug-likeness (QED) is 0.783. The van der Waals surface area contributed by atoms with Gasteiger partial charge in [-0.1, -0.05) is 13.8 Å². The number of hydrogen-bond donors (Lipinski definition) is 1. The Kier molecular flexibility index (Phi) is 8.30. The maximum absolute atomic E-state index is 13.4. The number of likely N-dealkylation sites (tertiary alicyclic amines) is 1. The lowest BCUT2D eigenvalue weighted by Gasteiger charge is -2.34. The fraction of sp³-hybridized carbons (Fsp3) is 0.556. The number of piperidine rings is 1. The van der Waals surface area contributed by atoms with Crippen molar-refractivity contribution >= 4 is 24.3 Å². The molecule has 0 bridgehead atoms. The number of halogens is 2. The lowest BCUT2D eigenvalue weighted by molar-refractivity contribution is -0.135. The zero-order valence-corrected chi connectivity index (χ0v) is 16.1. The molecule has 0 saturated carbocycles. The van der Waals surface area contributed by atoms with E-state index in [9.17, 15) is 14.0 Å². The van der Waals surface area contributed by atoms with Crippen LogP contribution in [0.25, 0.3) is 0 Å². The van der Waals surface area contributed by atoms with Gasteiger partial charge in [0.25, 0.3) is 0 Å². The molecule has 0 aliphatic carbocycles. The Bertz CT molecular complexity index is 634. The maximum Gasteiger partial charge on any atom is 0.341 e. The smallest absolute Gasteiger partial charge is 0.341 e. The number of amides is 1. The number of carbonyl (C=O) groups is 2. The summed E-state index contributed by atoms with van der Waals surface area (Å²) in [5, 5.41) is 0. The molecule has 0 aromatic heterocycles. The van der Waals surface area contributed by atoms with Gasteiger partial charge in [-0.15, -0.1) is 12.4 Å². The second-order valence-corrected chi connectivity index (χ2v) is 6.54. The number of nitrogens with two attached hydrogens (primary N) is 1. The van der Waals surface area contributed by atoms with E-state index >= 15 is 0 Å². The van der Waals surface area contributed by atoms with E-state index in [-0.39, 0.29) is 41.6 Å². The first-order chi connectivity index (χ1) is 11.8. The number of hydrogen-bond acceptors (Lipinski definition) is 5. The molecule has 1 aromatic rings. The van der Waals surface area contributed by atoms with Gasteiger partial charge in [-0.05, 0) is 24.1 Å². The normalized spacial score (nSPS) is 16.0. The zero-order chi connectivity index (χ0) is 18.6. The summed E-state index contributed by atoms with van der Waals surface area (Å²) < 4.78 is 23.9. The second-order valence-electron chi connectivity index (χ2n) is 6.54. The predicted molar refractivity (Wildman–Crippen MR) is 98.0 cm³/mol. The molecule has 26 heavy (non-hydrogen) atoms. The molecule has 6 nitrogen and oxygen atoms in total. The van der Waals surface area contributed by atoms with Crippen LogP contribution in [-0.4, -0.2) is 49.1 Å². The third-order valence-electron chi connectivity index (χ3n) is 4.40. The van der Waals surface area contributed by atoms with Crippen molar-refractivity contribution < 1.29 is 23.5 Å². The molecule has 0 spiro atoms. The molecule has 1 atom stereocenters. The van der Waals surface area contributed by atoms with E-state index in [4.69, 9.17) is 10.5 Å². The van der Waals surface area contributed by atoms with E-state index in [1.54, 1.807) is 4.90 Å². The number of carbonyl (C=O) groups excluding carboxylic acids is 2. The van der Waals surface area contributed by atoms with Crippen LogP contribution >= 0.6 is 12.4 Å². The lowest BCUT2D eigenvalue weighted by Crippen LogP contribution is -2.50. The van der Waals surface area contributed by atoms with Crippen LogP contribution < -0.4 is 10.5 Å². The third kappa shape index (κ3) is 5.32. The van der Waals surface area contributed by atoms with Crippen molar-refractivity contribution in [3.63, 3.8) is 0 Å². The van der Waals surface area contributed by atoms with Crippen LogP contribution in [0.15, 0.2) is 18.2 Å². The number of rotatable bonds is 5. The third-order valence-corrected chi connectivity index (χ3v) is 4.40. The number of benzene rings is 1. The average molecular weight is 389 g/mol. The maximum atomic E-state index is 13.4. The first-order valence-electron chi connectivity index (χ1n) is 8.42. The number of esters is 1. The topological polar surface area (TPSA) is 81.9 Å². The summed E-state index contributed by atoms with van der Waals surface area (Å²) in [6.07, 6.45) is 1.08. The van der Waals surface area contributed by atoms with Gasteiger partial charge >= 0.3 is 5.97 Å². The highest BCUT2D eigenvalue weighted by molar-refractivity contribution is 5.92. The van der Waals surface area contributed by atoms with Gasteiger partial charge < -0.3 is 20.1 Å². The van der Waals surface area contributed by atoms with Crippen molar-refractivity contribution in [2.75, 3.05) is 20.2 Å². The summed E-state index contributed by atoms with van der Waals surface area (Å²) in [6.45, 7) is 4.92. The highest BCUT2D eigenvalue weighted by Gasteiger charge is 2.29. The summed E-state index contributed by atoms with van der Waals surface area (Å²) in [6, 6.07) is 3.26. The predicted octanol–water partition coefficient (Wildman–Crippen LogP) is 2.39. The minimum Gasteiger partial charge on any atom is -0.489 e. The minimum atomic E-state index is -0.648. The summed E-state index contributed by atoms with van der Waals surface area (Å²) in [5.74, 6) is -0.855. The molecular formula is C18H26ClFN2O4. The molecule has 1 amide bonds. The minimum absolute atomic E-state index is 0. The first-order valence-corrected chi connectivity index (χ1v) is 8.42. The molecule has 2 rings (SSSR count). The molecule has 2 N–H and O–H groups in total. The van der Waals surface area contributed by atoms with Gasteiger partial charge in [0.2, 0.25) is 5.91 Å². The van der Waals surface area contributed by atoms with E-state index in [0.29, 0.717) is 25.9 Å². The number of ether oxygens (including phenoxy) is 2. The van der Waals surface area contributed by atoms with Gasteiger partial charge in [0.15, 0.2) is 0 Å². The molecule has 1 heterocycles. The van der Waals surface area contributed by atoms with Crippen LogP contribution in [-0.2, 0) is 9.53 Å². The molecule has 1 saturated heterocycles. The van der Waals surface area contributed by atoms with E-state index in [2.05, 4.69) is 4.74 Å². The SMILES string of the molecule is COC(=O)c1cc(F)ccc1OC1CCN(C(=O)[C@@H](N)C(C)C)CC1.Cl. The fourth-order valence-electron chi connectivity index (χ4n) is 2.74. The Labute approximate surface area is 159 Å². The van der Waals surface area contributed by atoms with Crippen LogP contribution in [0.1, 0.15) is 37.0 Å². The van der Waals surface area contributed by atoms with Crippen LogP contribution in [0.3, 0.4) is 0 Å². The first kappa shape index (κ1) is 22.2. The molecule has 8 heteroatoms. The van der Waals surface area contributed by atoms with Gasteiger partial charge in [0, 0.05) is 25.9 Å². The molecule has 1 aliphatic heterocycles. The van der Waals surface area contributed by atoms with E-state index in [0.717, 1.165) is 6.07 Å². The Balaban J connectivity index is 0.00000338. The Morgan fingerprint density at radius 1 is 1.27 bits per heavy atom. The molecule has 0 unspecified atom stereocenters. The van der Waals surface area contributed by atoms with Gasteiger partial charge in [-0.25, -0.2) is 9.18 Å². The number of nitrogens with zero attached hydrogens (tertiary/aromatic N) is 1.